The maximum absolute atomic E-state index is 3.67. The van der Waals surface area contributed by atoms with E-state index in [-0.39, 0.29) is 0 Å². The molecule has 0 spiro atoms. The minimum absolute atomic E-state index is 0.633. The summed E-state index contributed by atoms with van der Waals surface area (Å²) < 4.78 is 0. The van der Waals surface area contributed by atoms with Crippen molar-refractivity contribution in [2.45, 2.75) is 51.0 Å². The fourth-order valence-corrected chi connectivity index (χ4v) is 2.82. The topological polar surface area (TPSA) is 12.0 Å². The van der Waals surface area contributed by atoms with Crippen LogP contribution in [0.2, 0.25) is 0 Å². The van der Waals surface area contributed by atoms with Crippen LogP contribution in [0.25, 0.3) is 0 Å². The monoisotopic (exact) mass is 215 g/mol. The molecule has 0 radical (unpaired) electrons. The highest BCUT2D eigenvalue weighted by molar-refractivity contribution is 5.40. The van der Waals surface area contributed by atoms with Gasteiger partial charge < -0.3 is 5.32 Å². The Bertz CT molecular complexity index is 379. The zero-order valence-corrected chi connectivity index (χ0v) is 10.1. The summed E-state index contributed by atoms with van der Waals surface area (Å²) in [7, 11) is 0. The van der Waals surface area contributed by atoms with Crippen LogP contribution >= 0.6 is 0 Å². The van der Waals surface area contributed by atoms with Crippen molar-refractivity contribution in [1.82, 2.24) is 5.32 Å². The first-order chi connectivity index (χ1) is 7.88. The first kappa shape index (κ1) is 10.3. The van der Waals surface area contributed by atoms with Gasteiger partial charge in [0.2, 0.25) is 0 Å². The van der Waals surface area contributed by atoms with Crippen LogP contribution in [-0.2, 0) is 6.42 Å². The number of rotatable bonds is 4. The normalized spacial score (nSPS) is 23.4. The molecule has 0 amide bonds. The standard InChI is InChI=1S/C15H21N/c1-2-9-16-15-8-7-12-5-6-13(10-14(12)15)11-3-4-11/h5-6,10-11,15-16H,2-4,7-9H2,1H3. The van der Waals surface area contributed by atoms with E-state index in [0.29, 0.717) is 6.04 Å². The predicted octanol–water partition coefficient (Wildman–Crippen LogP) is 3.55. The van der Waals surface area contributed by atoms with Crippen molar-refractivity contribution in [3.63, 3.8) is 0 Å². The maximum Gasteiger partial charge on any atom is 0.0326 e. The fourth-order valence-electron chi connectivity index (χ4n) is 2.82. The van der Waals surface area contributed by atoms with Gasteiger partial charge in [0.15, 0.2) is 0 Å². The molecule has 1 nitrogen and oxygen atoms in total. The molecule has 1 atom stereocenters. The quantitative estimate of drug-likeness (QED) is 0.810. The van der Waals surface area contributed by atoms with Crippen molar-refractivity contribution >= 4 is 0 Å². The van der Waals surface area contributed by atoms with Crippen LogP contribution in [0.1, 0.15) is 61.3 Å². The Morgan fingerprint density at radius 3 is 2.88 bits per heavy atom. The van der Waals surface area contributed by atoms with Crippen LogP contribution in [-0.4, -0.2) is 6.54 Å². The average Bonchev–Trinajstić information content (AvgIpc) is 3.08. The lowest BCUT2D eigenvalue weighted by molar-refractivity contribution is 0.529. The molecule has 1 aromatic rings. The van der Waals surface area contributed by atoms with E-state index in [1.807, 2.05) is 0 Å². The molecule has 0 bridgehead atoms. The lowest BCUT2D eigenvalue weighted by Crippen LogP contribution is -2.19. The summed E-state index contributed by atoms with van der Waals surface area (Å²) in [6, 6.07) is 7.84. The van der Waals surface area contributed by atoms with E-state index in [9.17, 15) is 0 Å². The van der Waals surface area contributed by atoms with Crippen LogP contribution in [0.3, 0.4) is 0 Å². The van der Waals surface area contributed by atoms with Crippen molar-refractivity contribution in [3.05, 3.63) is 34.9 Å². The molecule has 0 heterocycles. The summed E-state index contributed by atoms with van der Waals surface area (Å²) in [6.45, 7) is 3.39. The van der Waals surface area contributed by atoms with E-state index >= 15 is 0 Å². The molecule has 2 aliphatic rings. The SMILES string of the molecule is CCCNC1CCc2ccc(C3CC3)cc21. The van der Waals surface area contributed by atoms with E-state index in [1.165, 1.54) is 32.1 Å². The minimum Gasteiger partial charge on any atom is -0.310 e. The Balaban J connectivity index is 1.81. The van der Waals surface area contributed by atoms with Crippen LogP contribution in [0.5, 0.6) is 0 Å². The van der Waals surface area contributed by atoms with Gasteiger partial charge in [0.1, 0.15) is 0 Å². The van der Waals surface area contributed by atoms with Gasteiger partial charge in [-0.1, -0.05) is 25.1 Å². The summed E-state index contributed by atoms with van der Waals surface area (Å²) in [5.41, 5.74) is 4.76. The average molecular weight is 215 g/mol. The second kappa shape index (κ2) is 4.21. The van der Waals surface area contributed by atoms with Gasteiger partial charge in [-0.2, -0.15) is 0 Å². The molecule has 1 saturated carbocycles. The van der Waals surface area contributed by atoms with E-state index in [4.69, 9.17) is 0 Å². The fraction of sp³-hybridized carbons (Fsp3) is 0.600. The summed E-state index contributed by atoms with van der Waals surface area (Å²) in [6.07, 6.45) is 6.61. The minimum atomic E-state index is 0.633. The first-order valence-electron chi connectivity index (χ1n) is 6.74. The number of fused-ring (bicyclic) bond motifs is 1. The maximum atomic E-state index is 3.67. The zero-order valence-electron chi connectivity index (χ0n) is 10.1. The molecule has 1 heteroatoms. The Morgan fingerprint density at radius 1 is 1.25 bits per heavy atom. The van der Waals surface area contributed by atoms with Crippen molar-refractivity contribution < 1.29 is 0 Å². The summed E-state index contributed by atoms with van der Waals surface area (Å²) in [4.78, 5) is 0. The smallest absolute Gasteiger partial charge is 0.0326 e. The molecule has 1 N–H and O–H groups in total. The Hall–Kier alpha value is -0.820. The third kappa shape index (κ3) is 1.89. The van der Waals surface area contributed by atoms with Crippen LogP contribution < -0.4 is 5.32 Å². The van der Waals surface area contributed by atoms with Crippen LogP contribution in [0, 0.1) is 0 Å². The highest BCUT2D eigenvalue weighted by atomic mass is 14.9. The third-order valence-corrected chi connectivity index (χ3v) is 3.94. The molecule has 1 fully saturated rings. The van der Waals surface area contributed by atoms with Crippen molar-refractivity contribution in [1.29, 1.82) is 0 Å². The molecular formula is C15H21N. The number of hydrogen-bond donors (Lipinski definition) is 1. The Morgan fingerprint density at radius 2 is 2.12 bits per heavy atom. The molecule has 3 rings (SSSR count). The van der Waals surface area contributed by atoms with Gasteiger partial charge in [0.05, 0.1) is 0 Å². The zero-order chi connectivity index (χ0) is 11.0. The van der Waals surface area contributed by atoms with E-state index in [0.717, 1.165) is 12.5 Å². The summed E-state index contributed by atoms with van der Waals surface area (Å²) in [5, 5.41) is 3.67. The molecule has 0 aromatic heterocycles. The van der Waals surface area contributed by atoms with E-state index in [1.54, 1.807) is 16.7 Å². The van der Waals surface area contributed by atoms with Gasteiger partial charge in [-0.05, 0) is 61.3 Å². The second-order valence-corrected chi connectivity index (χ2v) is 5.28. The highest BCUT2D eigenvalue weighted by Gasteiger charge is 2.27. The Kier molecular flexibility index (Phi) is 2.72. The first-order valence-corrected chi connectivity index (χ1v) is 6.74. The number of benzene rings is 1. The molecule has 1 aromatic carbocycles. The number of nitrogens with one attached hydrogen (secondary N) is 1. The lowest BCUT2D eigenvalue weighted by atomic mass is 10.0. The highest BCUT2D eigenvalue weighted by Crippen LogP contribution is 2.42. The number of hydrogen-bond acceptors (Lipinski definition) is 1. The van der Waals surface area contributed by atoms with E-state index < -0.39 is 0 Å². The van der Waals surface area contributed by atoms with Crippen molar-refractivity contribution in [2.75, 3.05) is 6.54 Å². The molecule has 0 saturated heterocycles. The molecule has 2 aliphatic carbocycles. The molecule has 16 heavy (non-hydrogen) atoms. The van der Waals surface area contributed by atoms with Gasteiger partial charge in [0, 0.05) is 6.04 Å². The summed E-state index contributed by atoms with van der Waals surface area (Å²) >= 11 is 0. The molecular weight excluding hydrogens is 194 g/mol. The van der Waals surface area contributed by atoms with Crippen LogP contribution in [0.15, 0.2) is 18.2 Å². The van der Waals surface area contributed by atoms with Crippen LogP contribution in [0.4, 0.5) is 0 Å². The third-order valence-electron chi connectivity index (χ3n) is 3.94. The Labute approximate surface area is 98.3 Å². The molecule has 86 valence electrons. The van der Waals surface area contributed by atoms with Gasteiger partial charge in [-0.3, -0.25) is 0 Å². The van der Waals surface area contributed by atoms with Crippen molar-refractivity contribution in [3.8, 4) is 0 Å². The predicted molar refractivity (Wildman–Crippen MR) is 67.8 cm³/mol. The largest absolute Gasteiger partial charge is 0.310 e. The molecule has 0 aliphatic heterocycles. The molecule has 1 unspecified atom stereocenters. The van der Waals surface area contributed by atoms with Crippen molar-refractivity contribution in [2.24, 2.45) is 0 Å². The van der Waals surface area contributed by atoms with Gasteiger partial charge in [0.25, 0.3) is 0 Å². The van der Waals surface area contributed by atoms with Gasteiger partial charge >= 0.3 is 0 Å². The second-order valence-electron chi connectivity index (χ2n) is 5.28. The van der Waals surface area contributed by atoms with Gasteiger partial charge in [-0.15, -0.1) is 0 Å². The number of aryl methyl sites for hydroxylation is 1. The van der Waals surface area contributed by atoms with E-state index in [2.05, 4.69) is 30.4 Å². The summed E-state index contributed by atoms with van der Waals surface area (Å²) in [5.74, 6) is 0.887. The lowest BCUT2D eigenvalue weighted by Gasteiger charge is -2.14. The van der Waals surface area contributed by atoms with Gasteiger partial charge in [-0.25, -0.2) is 0 Å².